The molecule has 1 aromatic carbocycles. The lowest BCUT2D eigenvalue weighted by atomic mass is 9.74. The Bertz CT molecular complexity index is 1720. The molecule has 0 saturated carbocycles. The molecular formula is C43H65N5O9. The quantitative estimate of drug-likeness (QED) is 0.222. The number of Topliss-reactive ketones (excluding diaryl/α,β-unsaturated/α-hetero) is 1. The van der Waals surface area contributed by atoms with Crippen LogP contribution in [-0.4, -0.2) is 124 Å². The van der Waals surface area contributed by atoms with Crippen molar-refractivity contribution in [3.63, 3.8) is 0 Å². The van der Waals surface area contributed by atoms with E-state index in [9.17, 15) is 19.5 Å². The first-order chi connectivity index (χ1) is 26.9. The van der Waals surface area contributed by atoms with Gasteiger partial charge >= 0.3 is 12.1 Å². The fraction of sp³-hybridized carbons (Fsp3) is 0.674. The van der Waals surface area contributed by atoms with Gasteiger partial charge in [0.05, 0.1) is 29.8 Å². The summed E-state index contributed by atoms with van der Waals surface area (Å²) >= 11 is 0. The molecule has 12 atom stereocenters. The number of ether oxygens (including phenoxy) is 5. The molecule has 1 amide bonds. The zero-order valence-corrected chi connectivity index (χ0v) is 35.6. The number of methoxy groups -OCH3 is 1. The molecule has 3 aliphatic heterocycles. The van der Waals surface area contributed by atoms with Crippen LogP contribution in [0.25, 0.3) is 11.3 Å². The monoisotopic (exact) mass is 795 g/mol. The third kappa shape index (κ3) is 9.63. The first kappa shape index (κ1) is 44.4. The van der Waals surface area contributed by atoms with Gasteiger partial charge in [-0.3, -0.25) is 4.79 Å². The average molecular weight is 796 g/mol. The topological polar surface area (TPSA) is 154 Å². The Morgan fingerprint density at radius 3 is 2.44 bits per heavy atom. The number of aromatic nitrogens is 2. The minimum Gasteiger partial charge on any atom is -0.455 e. The number of hydrazine groups is 1. The van der Waals surface area contributed by atoms with Crippen LogP contribution in [0, 0.1) is 17.8 Å². The van der Waals surface area contributed by atoms with Crippen LogP contribution in [0.2, 0.25) is 0 Å². The SMILES string of the molecule is CC[C@H]1OC(=O)/C(C)=C/[C@H](C)[C@@H](O[C@@H]2O[C@H](C)C[C@H](N(C)C)[C@H]2O)[C@@](C)(OC)C[C@@H](C)C(=O)[C@H](C)[C@H]2N(NCCCn3cnc(-c4ccccc4)c3)C(=O)O[C@]12C. The van der Waals surface area contributed by atoms with Gasteiger partial charge in [-0.1, -0.05) is 64.1 Å². The summed E-state index contributed by atoms with van der Waals surface area (Å²) in [6, 6.07) is 8.92. The first-order valence-corrected chi connectivity index (χ1v) is 20.4. The third-order valence-corrected chi connectivity index (χ3v) is 12.3. The molecule has 14 nitrogen and oxygen atoms in total. The van der Waals surface area contributed by atoms with Crippen LogP contribution < -0.4 is 5.43 Å². The van der Waals surface area contributed by atoms with Gasteiger partial charge in [0.25, 0.3) is 0 Å². The molecule has 14 heteroatoms. The smallest absolute Gasteiger partial charge is 0.425 e. The van der Waals surface area contributed by atoms with Crippen LogP contribution in [0.5, 0.6) is 0 Å². The van der Waals surface area contributed by atoms with Gasteiger partial charge in [0, 0.05) is 61.3 Å². The molecule has 0 aliphatic carbocycles. The largest absolute Gasteiger partial charge is 0.455 e. The lowest BCUT2D eigenvalue weighted by molar-refractivity contribution is -0.294. The summed E-state index contributed by atoms with van der Waals surface area (Å²) in [5.74, 6) is -2.45. The molecule has 2 aromatic rings. The molecule has 1 aromatic heterocycles. The van der Waals surface area contributed by atoms with Gasteiger partial charge in [0.1, 0.15) is 24.0 Å². The highest BCUT2D eigenvalue weighted by molar-refractivity contribution is 5.88. The number of aliphatic hydroxyl groups is 1. The van der Waals surface area contributed by atoms with E-state index >= 15 is 0 Å². The second kappa shape index (κ2) is 18.5. The maximum absolute atomic E-state index is 14.7. The Morgan fingerprint density at radius 1 is 1.09 bits per heavy atom. The number of imidazole rings is 1. The Labute approximate surface area is 338 Å². The Hall–Kier alpha value is -3.66. The second-order valence-corrected chi connectivity index (χ2v) is 16.9. The molecule has 316 valence electrons. The number of cyclic esters (lactones) is 1. The number of hydrogen-bond donors (Lipinski definition) is 2. The van der Waals surface area contributed by atoms with E-state index in [4.69, 9.17) is 23.7 Å². The van der Waals surface area contributed by atoms with E-state index in [-0.39, 0.29) is 24.3 Å². The van der Waals surface area contributed by atoms with Gasteiger partial charge in [0.2, 0.25) is 0 Å². The number of likely N-dealkylation sites (N-methyl/N-ethyl adjacent to an activating group) is 1. The van der Waals surface area contributed by atoms with Crippen molar-refractivity contribution in [2.24, 2.45) is 17.8 Å². The van der Waals surface area contributed by atoms with Crippen molar-refractivity contribution in [1.82, 2.24) is 24.9 Å². The number of carbonyl (C=O) groups excluding carboxylic acids is 3. The van der Waals surface area contributed by atoms with Gasteiger partial charge in [-0.15, -0.1) is 0 Å². The number of aliphatic hydroxyl groups excluding tert-OH is 1. The Balaban J connectivity index is 1.42. The highest BCUT2D eigenvalue weighted by atomic mass is 16.7. The summed E-state index contributed by atoms with van der Waals surface area (Å²) in [5, 5.41) is 12.9. The Kier molecular flexibility index (Phi) is 14.4. The molecule has 0 bridgehead atoms. The van der Waals surface area contributed by atoms with E-state index < -0.39 is 71.7 Å². The lowest BCUT2D eigenvalue weighted by Gasteiger charge is -2.46. The standard InChI is InChI=1S/C43H65N5O9/c1-12-34-43(8)37(48(41(52)57-43)45-19-16-20-47-24-32(44-25-47)31-17-14-13-15-18-31)30(6)35(49)28(4)23-42(7,53-11)38(26(2)21-27(3)39(51)55-34)56-40-36(50)33(46(9)10)22-29(5)54-40/h13-15,17-18,21,24-26,28-30,33-34,36-38,40,45,50H,12,16,19-20,22-23H2,1-11H3/b27-21+/t26-,28+,29+,30-,33-,34+,36+,37+,38+,40-,42-,43+/m0/s1. The number of nitrogens with zero attached hydrogens (tertiary/aromatic N) is 4. The zero-order chi connectivity index (χ0) is 41.8. The lowest BCUT2D eigenvalue weighted by Crippen LogP contribution is -2.60. The summed E-state index contributed by atoms with van der Waals surface area (Å²) in [5.41, 5.74) is 3.06. The van der Waals surface area contributed by atoms with E-state index in [2.05, 4.69) is 10.4 Å². The van der Waals surface area contributed by atoms with E-state index in [0.29, 0.717) is 37.9 Å². The van der Waals surface area contributed by atoms with Crippen molar-refractivity contribution in [3.8, 4) is 11.3 Å². The molecular weight excluding hydrogens is 730 g/mol. The van der Waals surface area contributed by atoms with Gasteiger partial charge in [-0.2, -0.15) is 0 Å². The minimum atomic E-state index is -1.36. The number of rotatable bonds is 11. The summed E-state index contributed by atoms with van der Waals surface area (Å²) in [6.07, 6.45) is 3.00. The fourth-order valence-corrected chi connectivity index (χ4v) is 9.14. The molecule has 57 heavy (non-hydrogen) atoms. The highest BCUT2D eigenvalue weighted by Crippen LogP contribution is 2.42. The highest BCUT2D eigenvalue weighted by Gasteiger charge is 2.60. The fourth-order valence-electron chi connectivity index (χ4n) is 9.14. The number of ketones is 1. The van der Waals surface area contributed by atoms with Gasteiger partial charge < -0.3 is 38.3 Å². The molecule has 3 aliphatic rings. The summed E-state index contributed by atoms with van der Waals surface area (Å²) < 4.78 is 33.5. The maximum Gasteiger partial charge on any atom is 0.425 e. The molecule has 2 saturated heterocycles. The zero-order valence-electron chi connectivity index (χ0n) is 35.6. The van der Waals surface area contributed by atoms with Gasteiger partial charge in [0.15, 0.2) is 11.9 Å². The van der Waals surface area contributed by atoms with Crippen LogP contribution >= 0.6 is 0 Å². The minimum absolute atomic E-state index is 0.113. The normalized spacial score (nSPS) is 36.6. The van der Waals surface area contributed by atoms with Crippen molar-refractivity contribution in [2.75, 3.05) is 27.7 Å². The molecule has 4 heterocycles. The summed E-state index contributed by atoms with van der Waals surface area (Å²) in [6.45, 7) is 15.7. The van der Waals surface area contributed by atoms with E-state index in [1.54, 1.807) is 40.3 Å². The molecule has 0 unspecified atom stereocenters. The Morgan fingerprint density at radius 2 is 1.79 bits per heavy atom. The number of nitrogens with one attached hydrogen (secondary N) is 1. The predicted molar refractivity (Wildman–Crippen MR) is 215 cm³/mol. The van der Waals surface area contributed by atoms with Crippen LogP contribution in [0.4, 0.5) is 4.79 Å². The van der Waals surface area contributed by atoms with Crippen molar-refractivity contribution in [2.45, 2.75) is 142 Å². The third-order valence-electron chi connectivity index (χ3n) is 12.3. The van der Waals surface area contributed by atoms with Crippen molar-refractivity contribution >= 4 is 17.8 Å². The number of amides is 1. The van der Waals surface area contributed by atoms with Crippen LogP contribution in [0.15, 0.2) is 54.5 Å². The van der Waals surface area contributed by atoms with Crippen LogP contribution in [0.3, 0.4) is 0 Å². The van der Waals surface area contributed by atoms with E-state index in [1.165, 1.54) is 5.01 Å². The molecule has 0 radical (unpaired) electrons. The number of carbonyl (C=O) groups is 3. The van der Waals surface area contributed by atoms with Crippen molar-refractivity contribution < 1.29 is 43.2 Å². The van der Waals surface area contributed by atoms with Gasteiger partial charge in [-0.25, -0.2) is 25.0 Å². The number of esters is 1. The van der Waals surface area contributed by atoms with E-state index in [1.807, 2.05) is 94.7 Å². The van der Waals surface area contributed by atoms with Crippen LogP contribution in [-0.2, 0) is 39.8 Å². The molecule has 2 N–H and O–H groups in total. The molecule has 0 spiro atoms. The molecule has 2 fully saturated rings. The summed E-state index contributed by atoms with van der Waals surface area (Å²) in [4.78, 5) is 48.9. The number of hydrogen-bond acceptors (Lipinski definition) is 12. The number of benzene rings is 1. The van der Waals surface area contributed by atoms with Crippen LogP contribution in [0.1, 0.15) is 81.1 Å². The van der Waals surface area contributed by atoms with Crippen molar-refractivity contribution in [1.29, 1.82) is 0 Å². The second-order valence-electron chi connectivity index (χ2n) is 16.9. The average Bonchev–Trinajstić information content (AvgIpc) is 3.75. The predicted octanol–water partition coefficient (Wildman–Crippen LogP) is 5.39. The molecule has 5 rings (SSSR count). The number of aryl methyl sites for hydroxylation is 1. The van der Waals surface area contributed by atoms with E-state index in [0.717, 1.165) is 11.3 Å². The summed E-state index contributed by atoms with van der Waals surface area (Å²) in [7, 11) is 5.40. The first-order valence-electron chi connectivity index (χ1n) is 20.4. The maximum atomic E-state index is 14.7. The van der Waals surface area contributed by atoms with Crippen molar-refractivity contribution in [3.05, 3.63) is 54.5 Å². The number of fused-ring (bicyclic) bond motifs is 1. The van der Waals surface area contributed by atoms with Gasteiger partial charge in [-0.05, 0) is 67.5 Å².